The number of rotatable bonds is 10. The van der Waals surface area contributed by atoms with Crippen LogP contribution in [0.25, 0.3) is 0 Å². The third kappa shape index (κ3) is 5.44. The Morgan fingerprint density at radius 3 is 2.33 bits per heavy atom. The number of carbonyl (C=O) groups excluding carboxylic acids is 4. The van der Waals surface area contributed by atoms with Crippen LogP contribution in [0, 0.1) is 0 Å². The van der Waals surface area contributed by atoms with E-state index in [4.69, 9.17) is 15.2 Å². The number of thioether (sulfide) groups is 1. The van der Waals surface area contributed by atoms with E-state index in [1.807, 2.05) is 60.7 Å². The zero-order valence-corrected chi connectivity index (χ0v) is 20.1. The molecule has 0 unspecified atom stereocenters. The van der Waals surface area contributed by atoms with Gasteiger partial charge in [-0.15, -0.1) is 11.8 Å². The Labute approximate surface area is 212 Å². The van der Waals surface area contributed by atoms with Gasteiger partial charge in [0, 0.05) is 5.75 Å². The normalized spacial score (nSPS) is 19.0. The Bertz CT molecular complexity index is 1150. The van der Waals surface area contributed by atoms with Crippen molar-refractivity contribution in [2.24, 2.45) is 5.73 Å². The smallest absolute Gasteiger partial charge is 0.404 e. The molecule has 186 valence electrons. The predicted octanol–water partition coefficient (Wildman–Crippen LogP) is 2.64. The Morgan fingerprint density at radius 1 is 1.11 bits per heavy atom. The lowest BCUT2D eigenvalue weighted by Crippen LogP contribution is -2.69. The minimum absolute atomic E-state index is 0.0900. The molecule has 0 spiro atoms. The molecule has 0 aromatic heterocycles. The van der Waals surface area contributed by atoms with Gasteiger partial charge in [-0.05, 0) is 23.1 Å². The first-order valence-electron chi connectivity index (χ1n) is 11.3. The molecule has 2 aliphatic heterocycles. The molecule has 1 fully saturated rings. The lowest BCUT2D eigenvalue weighted by atomic mass is 10.0. The van der Waals surface area contributed by atoms with Crippen LogP contribution in [-0.4, -0.2) is 53.1 Å². The van der Waals surface area contributed by atoms with E-state index in [1.165, 1.54) is 16.7 Å². The van der Waals surface area contributed by atoms with Gasteiger partial charge in [0.05, 0.1) is 6.61 Å². The van der Waals surface area contributed by atoms with Crippen molar-refractivity contribution in [3.8, 4) is 0 Å². The van der Waals surface area contributed by atoms with Crippen LogP contribution in [0.4, 0.5) is 4.79 Å². The Morgan fingerprint density at radius 2 is 1.75 bits per heavy atom. The Hall–Kier alpha value is -4.05. The van der Waals surface area contributed by atoms with Gasteiger partial charge in [-0.2, -0.15) is 0 Å². The maximum atomic E-state index is 13.7. The molecule has 0 radical (unpaired) electrons. The highest BCUT2D eigenvalue weighted by Gasteiger charge is 2.53. The fraction of sp³-hybridized carbons (Fsp3) is 0.231. The van der Waals surface area contributed by atoms with Crippen molar-refractivity contribution in [3.63, 3.8) is 0 Å². The quantitative estimate of drug-likeness (QED) is 0.219. The molecular formula is C26H25N3O6S. The molecule has 1 saturated heterocycles. The summed E-state index contributed by atoms with van der Waals surface area (Å²) in [5, 5.41) is 2.11. The average molecular weight is 508 g/mol. The van der Waals surface area contributed by atoms with Crippen LogP contribution in [-0.2, 0) is 23.9 Å². The second-order valence-electron chi connectivity index (χ2n) is 8.01. The van der Waals surface area contributed by atoms with Gasteiger partial charge in [0.2, 0.25) is 6.41 Å². The third-order valence-electron chi connectivity index (χ3n) is 5.72. The molecule has 4 rings (SSSR count). The maximum Gasteiger partial charge on any atom is 0.404 e. The number of nitrogens with one attached hydrogen (secondary N) is 1. The second kappa shape index (κ2) is 11.6. The SMILES string of the molecule is NC(=O)OCC/C=C/C1=C(C(=O)OC(c2ccccc2)c2ccccc2)N2C(=O)[C@@H](NC=O)[C@H]2SC1. The van der Waals surface area contributed by atoms with Crippen molar-refractivity contribution in [2.75, 3.05) is 12.4 Å². The molecule has 2 heterocycles. The van der Waals surface area contributed by atoms with Crippen molar-refractivity contribution in [2.45, 2.75) is 23.9 Å². The molecule has 0 bridgehead atoms. The topological polar surface area (TPSA) is 128 Å². The molecular weight excluding hydrogens is 482 g/mol. The van der Waals surface area contributed by atoms with Crippen LogP contribution in [0.2, 0.25) is 0 Å². The molecule has 2 aliphatic rings. The van der Waals surface area contributed by atoms with Crippen LogP contribution in [0.15, 0.2) is 84.1 Å². The third-order valence-corrected chi connectivity index (χ3v) is 7.02. The largest absolute Gasteiger partial charge is 0.449 e. The lowest BCUT2D eigenvalue weighted by Gasteiger charge is -2.49. The molecule has 10 heteroatoms. The second-order valence-corrected chi connectivity index (χ2v) is 9.12. The molecule has 3 N–H and O–H groups in total. The number of nitrogens with zero attached hydrogens (tertiary/aromatic N) is 1. The first kappa shape index (κ1) is 25.1. The van der Waals surface area contributed by atoms with Crippen molar-refractivity contribution in [3.05, 3.63) is 95.2 Å². The summed E-state index contributed by atoms with van der Waals surface area (Å²) < 4.78 is 10.8. The van der Waals surface area contributed by atoms with Gasteiger partial charge >= 0.3 is 12.1 Å². The number of nitrogens with two attached hydrogens (primary N) is 1. The molecule has 2 aromatic carbocycles. The number of ether oxygens (including phenoxy) is 2. The van der Waals surface area contributed by atoms with Crippen molar-refractivity contribution >= 4 is 36.1 Å². The number of allylic oxidation sites excluding steroid dienone is 1. The number of primary amides is 1. The number of carbonyl (C=O) groups is 4. The number of amides is 3. The summed E-state index contributed by atoms with van der Waals surface area (Å²) in [5.41, 5.74) is 7.29. The first-order chi connectivity index (χ1) is 17.5. The number of esters is 1. The van der Waals surface area contributed by atoms with Gasteiger partial charge in [0.25, 0.3) is 5.91 Å². The molecule has 2 atom stereocenters. The zero-order valence-electron chi connectivity index (χ0n) is 19.2. The summed E-state index contributed by atoms with van der Waals surface area (Å²) in [5.74, 6) is -0.612. The van der Waals surface area contributed by atoms with E-state index in [0.29, 0.717) is 24.2 Å². The Kier molecular flexibility index (Phi) is 8.06. The van der Waals surface area contributed by atoms with E-state index in [2.05, 4.69) is 5.32 Å². The summed E-state index contributed by atoms with van der Waals surface area (Å²) in [6.45, 7) is 0.0900. The standard InChI is InChI=1S/C26H25N3O6S/c27-26(33)34-14-8-7-13-19-15-36-24-20(28-16-30)23(31)29(24)21(19)25(32)35-22(17-9-3-1-4-10-17)18-11-5-2-6-12-18/h1-7,9-13,16,20,22,24H,8,14-15H2,(H2,27,33)(H,28,30)/b13-7+/t20-,24-/m1/s1. The van der Waals surface area contributed by atoms with Gasteiger partial charge in [0.1, 0.15) is 17.1 Å². The molecule has 36 heavy (non-hydrogen) atoms. The van der Waals surface area contributed by atoms with E-state index >= 15 is 0 Å². The fourth-order valence-electron chi connectivity index (χ4n) is 4.05. The van der Waals surface area contributed by atoms with Crippen LogP contribution in [0.1, 0.15) is 23.7 Å². The molecule has 0 aliphatic carbocycles. The first-order valence-corrected chi connectivity index (χ1v) is 12.3. The zero-order chi connectivity index (χ0) is 25.5. The van der Waals surface area contributed by atoms with Gasteiger partial charge < -0.3 is 20.5 Å². The van der Waals surface area contributed by atoms with E-state index < -0.39 is 29.6 Å². The number of hydrogen-bond donors (Lipinski definition) is 2. The maximum absolute atomic E-state index is 13.7. The highest BCUT2D eigenvalue weighted by molar-refractivity contribution is 8.00. The molecule has 3 amide bonds. The highest BCUT2D eigenvalue weighted by Crippen LogP contribution is 2.41. The minimum atomic E-state index is -0.865. The van der Waals surface area contributed by atoms with Gasteiger partial charge in [-0.1, -0.05) is 72.8 Å². The Balaban J connectivity index is 1.64. The van der Waals surface area contributed by atoms with Crippen LogP contribution in [0.5, 0.6) is 0 Å². The average Bonchev–Trinajstić information content (AvgIpc) is 2.90. The highest BCUT2D eigenvalue weighted by atomic mass is 32.2. The van der Waals surface area contributed by atoms with Gasteiger partial charge in [-0.3, -0.25) is 14.5 Å². The fourth-order valence-corrected chi connectivity index (χ4v) is 5.38. The summed E-state index contributed by atoms with van der Waals surface area (Å²) >= 11 is 1.44. The van der Waals surface area contributed by atoms with E-state index in [9.17, 15) is 19.2 Å². The van der Waals surface area contributed by atoms with Gasteiger partial charge in [-0.25, -0.2) is 9.59 Å². The van der Waals surface area contributed by atoms with Crippen molar-refractivity contribution < 1.29 is 28.7 Å². The minimum Gasteiger partial charge on any atom is -0.449 e. The summed E-state index contributed by atoms with van der Waals surface area (Å²) in [7, 11) is 0. The number of hydrogen-bond acceptors (Lipinski definition) is 7. The van der Waals surface area contributed by atoms with E-state index in [1.54, 1.807) is 12.2 Å². The van der Waals surface area contributed by atoms with E-state index in [-0.39, 0.29) is 18.2 Å². The summed E-state index contributed by atoms with van der Waals surface area (Å²) in [6, 6.07) is 18.0. The van der Waals surface area contributed by atoms with E-state index in [0.717, 1.165) is 11.1 Å². The number of fused-ring (bicyclic) bond motifs is 1. The molecule has 9 nitrogen and oxygen atoms in total. The summed E-state index contributed by atoms with van der Waals surface area (Å²) in [6.07, 6.45) is 2.77. The van der Waals surface area contributed by atoms with Crippen molar-refractivity contribution in [1.82, 2.24) is 10.2 Å². The van der Waals surface area contributed by atoms with Crippen molar-refractivity contribution in [1.29, 1.82) is 0 Å². The number of β-lactam (4-membered cyclic amide) rings is 1. The van der Waals surface area contributed by atoms with Gasteiger partial charge in [0.15, 0.2) is 6.10 Å². The van der Waals surface area contributed by atoms with Crippen LogP contribution >= 0.6 is 11.8 Å². The number of benzene rings is 2. The molecule has 0 saturated carbocycles. The summed E-state index contributed by atoms with van der Waals surface area (Å²) in [4.78, 5) is 49.7. The lowest BCUT2D eigenvalue weighted by molar-refractivity contribution is -0.154. The monoisotopic (exact) mass is 507 g/mol. The predicted molar refractivity (Wildman–Crippen MR) is 133 cm³/mol. The van der Waals surface area contributed by atoms with Crippen LogP contribution in [0.3, 0.4) is 0 Å². The molecule has 2 aromatic rings. The van der Waals surface area contributed by atoms with Crippen LogP contribution < -0.4 is 11.1 Å².